The molecule has 0 saturated heterocycles. The molecule has 3 aromatic rings. The van der Waals surface area contributed by atoms with Crippen molar-refractivity contribution in [3.63, 3.8) is 0 Å². The summed E-state index contributed by atoms with van der Waals surface area (Å²) in [6.07, 6.45) is 3.61. The fourth-order valence-electron chi connectivity index (χ4n) is 2.10. The SMILES string of the molecule is O=C(NCc1cnn(-c2ccccc2)c1)Nc1cccc(Cl)c1. The van der Waals surface area contributed by atoms with Crippen LogP contribution in [0.3, 0.4) is 0 Å². The van der Waals surface area contributed by atoms with Crippen molar-refractivity contribution >= 4 is 23.3 Å². The van der Waals surface area contributed by atoms with Crippen molar-refractivity contribution in [3.05, 3.63) is 77.6 Å². The van der Waals surface area contributed by atoms with Gasteiger partial charge in [0.05, 0.1) is 11.9 Å². The van der Waals surface area contributed by atoms with Gasteiger partial charge in [0.2, 0.25) is 0 Å². The summed E-state index contributed by atoms with van der Waals surface area (Å²) >= 11 is 5.88. The van der Waals surface area contributed by atoms with Crippen LogP contribution < -0.4 is 10.6 Å². The quantitative estimate of drug-likeness (QED) is 0.765. The van der Waals surface area contributed by atoms with Crippen LogP contribution in [0.2, 0.25) is 5.02 Å². The summed E-state index contributed by atoms with van der Waals surface area (Å²) < 4.78 is 1.77. The summed E-state index contributed by atoms with van der Waals surface area (Å²) in [6, 6.07) is 16.5. The third kappa shape index (κ3) is 4.11. The smallest absolute Gasteiger partial charge is 0.319 e. The Bertz CT molecular complexity index is 801. The fraction of sp³-hybridized carbons (Fsp3) is 0.0588. The van der Waals surface area contributed by atoms with Gasteiger partial charge in [0.1, 0.15) is 0 Å². The van der Waals surface area contributed by atoms with Crippen LogP contribution in [-0.4, -0.2) is 15.8 Å². The normalized spacial score (nSPS) is 10.3. The summed E-state index contributed by atoms with van der Waals surface area (Å²) in [7, 11) is 0. The van der Waals surface area contributed by atoms with Gasteiger partial charge in [0.15, 0.2) is 0 Å². The zero-order valence-corrected chi connectivity index (χ0v) is 13.0. The Morgan fingerprint density at radius 1 is 1.13 bits per heavy atom. The van der Waals surface area contributed by atoms with E-state index in [1.807, 2.05) is 36.5 Å². The minimum Gasteiger partial charge on any atom is -0.334 e. The number of benzene rings is 2. The van der Waals surface area contributed by atoms with Crippen molar-refractivity contribution in [1.82, 2.24) is 15.1 Å². The van der Waals surface area contributed by atoms with Crippen LogP contribution in [0.25, 0.3) is 5.69 Å². The first-order valence-corrected chi connectivity index (χ1v) is 7.48. The van der Waals surface area contributed by atoms with Crippen LogP contribution in [0, 0.1) is 0 Å². The van der Waals surface area contributed by atoms with Gasteiger partial charge in [0.25, 0.3) is 0 Å². The predicted octanol–water partition coefficient (Wildman–Crippen LogP) is 3.85. The maximum atomic E-state index is 11.9. The number of anilines is 1. The Morgan fingerprint density at radius 3 is 2.74 bits per heavy atom. The van der Waals surface area contributed by atoms with Crippen molar-refractivity contribution in [2.45, 2.75) is 6.54 Å². The van der Waals surface area contributed by atoms with Crippen molar-refractivity contribution in [2.75, 3.05) is 5.32 Å². The first kappa shape index (κ1) is 15.1. The highest BCUT2D eigenvalue weighted by Gasteiger charge is 2.04. The number of rotatable bonds is 4. The van der Waals surface area contributed by atoms with Crippen LogP contribution in [-0.2, 0) is 6.54 Å². The van der Waals surface area contributed by atoms with Gasteiger partial charge in [-0.2, -0.15) is 5.10 Å². The first-order chi connectivity index (χ1) is 11.2. The van der Waals surface area contributed by atoms with Crippen LogP contribution in [0.5, 0.6) is 0 Å². The largest absolute Gasteiger partial charge is 0.334 e. The monoisotopic (exact) mass is 326 g/mol. The van der Waals surface area contributed by atoms with Crippen molar-refractivity contribution in [2.24, 2.45) is 0 Å². The van der Waals surface area contributed by atoms with Gasteiger partial charge in [-0.1, -0.05) is 35.9 Å². The zero-order valence-electron chi connectivity index (χ0n) is 12.2. The Kier molecular flexibility index (Phi) is 4.59. The third-order valence-corrected chi connectivity index (χ3v) is 3.43. The van der Waals surface area contributed by atoms with Gasteiger partial charge in [-0.15, -0.1) is 0 Å². The molecule has 1 heterocycles. The number of amides is 2. The molecule has 0 saturated carbocycles. The van der Waals surface area contributed by atoms with Gasteiger partial charge in [0, 0.05) is 29.0 Å². The molecule has 0 unspecified atom stereocenters. The third-order valence-electron chi connectivity index (χ3n) is 3.19. The second-order valence-electron chi connectivity index (χ2n) is 4.95. The number of nitrogens with zero attached hydrogens (tertiary/aromatic N) is 2. The van der Waals surface area contributed by atoms with E-state index in [0.717, 1.165) is 11.3 Å². The van der Waals surface area contributed by atoms with Crippen LogP contribution >= 0.6 is 11.6 Å². The molecule has 2 amide bonds. The molecule has 3 rings (SSSR count). The van der Waals surface area contributed by atoms with E-state index in [1.165, 1.54) is 0 Å². The lowest BCUT2D eigenvalue weighted by molar-refractivity contribution is 0.251. The molecule has 116 valence electrons. The highest BCUT2D eigenvalue weighted by molar-refractivity contribution is 6.30. The van der Waals surface area contributed by atoms with Gasteiger partial charge in [-0.25, -0.2) is 9.48 Å². The van der Waals surface area contributed by atoms with E-state index in [9.17, 15) is 4.79 Å². The Labute approximate surface area is 138 Å². The van der Waals surface area contributed by atoms with Gasteiger partial charge in [-0.05, 0) is 30.3 Å². The van der Waals surface area contributed by atoms with E-state index in [1.54, 1.807) is 35.1 Å². The number of hydrogen-bond donors (Lipinski definition) is 2. The number of urea groups is 1. The number of aromatic nitrogens is 2. The topological polar surface area (TPSA) is 59.0 Å². The Hall–Kier alpha value is -2.79. The Balaban J connectivity index is 1.56. The molecule has 0 bridgehead atoms. The van der Waals surface area contributed by atoms with Crippen molar-refractivity contribution in [1.29, 1.82) is 0 Å². The number of nitrogens with one attached hydrogen (secondary N) is 2. The molecule has 0 atom stereocenters. The summed E-state index contributed by atoms with van der Waals surface area (Å²) in [5.74, 6) is 0. The summed E-state index contributed by atoms with van der Waals surface area (Å²) in [4.78, 5) is 11.9. The average Bonchev–Trinajstić information content (AvgIpc) is 3.03. The molecule has 0 aliphatic rings. The van der Waals surface area contributed by atoms with Crippen LogP contribution in [0.4, 0.5) is 10.5 Å². The minimum atomic E-state index is -0.292. The molecule has 2 aromatic carbocycles. The lowest BCUT2D eigenvalue weighted by atomic mass is 10.3. The van der Waals surface area contributed by atoms with Gasteiger partial charge in [-0.3, -0.25) is 0 Å². The van der Waals surface area contributed by atoms with E-state index in [-0.39, 0.29) is 6.03 Å². The number of carbonyl (C=O) groups is 1. The van der Waals surface area contributed by atoms with Crippen molar-refractivity contribution in [3.8, 4) is 5.69 Å². The molecule has 23 heavy (non-hydrogen) atoms. The van der Waals surface area contributed by atoms with Crippen LogP contribution in [0.1, 0.15) is 5.56 Å². The summed E-state index contributed by atoms with van der Waals surface area (Å²) in [5, 5.41) is 10.4. The Morgan fingerprint density at radius 2 is 1.96 bits per heavy atom. The number of hydrogen-bond acceptors (Lipinski definition) is 2. The molecular weight excluding hydrogens is 312 g/mol. The predicted molar refractivity (Wildman–Crippen MR) is 90.9 cm³/mol. The van der Waals surface area contributed by atoms with E-state index < -0.39 is 0 Å². The van der Waals surface area contributed by atoms with E-state index in [0.29, 0.717) is 17.3 Å². The number of carbonyl (C=O) groups excluding carboxylic acids is 1. The molecule has 0 radical (unpaired) electrons. The summed E-state index contributed by atoms with van der Waals surface area (Å²) in [6.45, 7) is 0.388. The molecule has 0 aliphatic carbocycles. The maximum Gasteiger partial charge on any atom is 0.319 e. The van der Waals surface area contributed by atoms with E-state index in [2.05, 4.69) is 15.7 Å². The second kappa shape index (κ2) is 6.98. The zero-order chi connectivity index (χ0) is 16.1. The number of halogens is 1. The fourth-order valence-corrected chi connectivity index (χ4v) is 2.29. The molecule has 0 spiro atoms. The number of para-hydroxylation sites is 1. The average molecular weight is 327 g/mol. The highest BCUT2D eigenvalue weighted by atomic mass is 35.5. The maximum absolute atomic E-state index is 11.9. The minimum absolute atomic E-state index is 0.292. The van der Waals surface area contributed by atoms with Gasteiger partial charge < -0.3 is 10.6 Å². The molecule has 5 nitrogen and oxygen atoms in total. The molecule has 0 aliphatic heterocycles. The van der Waals surface area contributed by atoms with Crippen LogP contribution in [0.15, 0.2) is 67.0 Å². The molecule has 0 fully saturated rings. The lowest BCUT2D eigenvalue weighted by Gasteiger charge is -2.06. The molecule has 1 aromatic heterocycles. The second-order valence-corrected chi connectivity index (χ2v) is 5.38. The summed E-state index contributed by atoms with van der Waals surface area (Å²) in [5.41, 5.74) is 2.53. The molecular formula is C17H15ClN4O. The molecule has 2 N–H and O–H groups in total. The van der Waals surface area contributed by atoms with E-state index >= 15 is 0 Å². The lowest BCUT2D eigenvalue weighted by Crippen LogP contribution is -2.28. The van der Waals surface area contributed by atoms with E-state index in [4.69, 9.17) is 11.6 Å². The highest BCUT2D eigenvalue weighted by Crippen LogP contribution is 2.14. The van der Waals surface area contributed by atoms with Crippen molar-refractivity contribution < 1.29 is 4.79 Å². The standard InChI is InChI=1S/C17H15ClN4O/c18-14-5-4-6-15(9-14)21-17(23)19-10-13-11-20-22(12-13)16-7-2-1-3-8-16/h1-9,11-12H,10H2,(H2,19,21,23). The molecule has 6 heteroatoms. The van der Waals surface area contributed by atoms with Gasteiger partial charge >= 0.3 is 6.03 Å². The first-order valence-electron chi connectivity index (χ1n) is 7.10.